The number of rotatable bonds is 5. The third kappa shape index (κ3) is 4.83. The third-order valence-electron chi connectivity index (χ3n) is 5.40. The summed E-state index contributed by atoms with van der Waals surface area (Å²) in [6, 6.07) is 13.3. The predicted molar refractivity (Wildman–Crippen MR) is 113 cm³/mol. The van der Waals surface area contributed by atoms with Crippen molar-refractivity contribution < 1.29 is 14.3 Å². The number of hydrogen-bond donors (Lipinski definition) is 1. The van der Waals surface area contributed by atoms with Gasteiger partial charge in [-0.25, -0.2) is 0 Å². The van der Waals surface area contributed by atoms with E-state index in [0.29, 0.717) is 35.3 Å². The van der Waals surface area contributed by atoms with Crippen molar-refractivity contribution in [3.05, 3.63) is 58.6 Å². The van der Waals surface area contributed by atoms with Gasteiger partial charge in [0.15, 0.2) is 11.5 Å². The van der Waals surface area contributed by atoms with Crippen molar-refractivity contribution in [2.75, 3.05) is 53.0 Å². The number of fused-ring (bicyclic) bond motifs is 1. The van der Waals surface area contributed by atoms with Gasteiger partial charge >= 0.3 is 0 Å². The summed E-state index contributed by atoms with van der Waals surface area (Å²) in [5, 5.41) is 3.58. The highest BCUT2D eigenvalue weighted by atomic mass is 35.5. The number of piperazine rings is 1. The van der Waals surface area contributed by atoms with Crippen molar-refractivity contribution in [3.63, 3.8) is 0 Å². The molecule has 1 N–H and O–H groups in total. The zero-order chi connectivity index (χ0) is 20.2. The highest BCUT2D eigenvalue weighted by molar-refractivity contribution is 6.32. The van der Waals surface area contributed by atoms with Gasteiger partial charge in [-0.1, -0.05) is 41.9 Å². The van der Waals surface area contributed by atoms with E-state index in [-0.39, 0.29) is 11.9 Å². The van der Waals surface area contributed by atoms with E-state index < -0.39 is 0 Å². The van der Waals surface area contributed by atoms with E-state index in [0.717, 1.165) is 38.3 Å². The summed E-state index contributed by atoms with van der Waals surface area (Å²) in [5.74, 6) is 0.850. The highest BCUT2D eigenvalue weighted by Crippen LogP contribution is 2.38. The lowest BCUT2D eigenvalue weighted by Crippen LogP contribution is -2.47. The molecule has 1 fully saturated rings. The molecule has 2 aromatic carbocycles. The van der Waals surface area contributed by atoms with Gasteiger partial charge in [-0.2, -0.15) is 0 Å². The predicted octanol–water partition coefficient (Wildman–Crippen LogP) is 2.83. The molecular formula is C22H26ClN3O3. The molecule has 0 bridgehead atoms. The Bertz CT molecular complexity index is 854. The second kappa shape index (κ2) is 9.03. The van der Waals surface area contributed by atoms with Crippen LogP contribution < -0.4 is 14.8 Å². The lowest BCUT2D eigenvalue weighted by atomic mass is 10.0. The maximum atomic E-state index is 13.1. The van der Waals surface area contributed by atoms with Gasteiger partial charge in [0.05, 0.1) is 11.1 Å². The monoisotopic (exact) mass is 415 g/mol. The van der Waals surface area contributed by atoms with Crippen molar-refractivity contribution >= 4 is 17.5 Å². The van der Waals surface area contributed by atoms with Gasteiger partial charge in [0, 0.05) is 38.3 Å². The minimum absolute atomic E-state index is 0.112. The first kappa shape index (κ1) is 20.0. The van der Waals surface area contributed by atoms with Crippen molar-refractivity contribution in [2.45, 2.75) is 6.04 Å². The molecule has 0 saturated carbocycles. The van der Waals surface area contributed by atoms with Crippen LogP contribution in [0.4, 0.5) is 0 Å². The molecule has 0 aromatic heterocycles. The Morgan fingerprint density at radius 1 is 1.10 bits per heavy atom. The number of likely N-dealkylation sites (N-methyl/N-ethyl adjacent to an activating group) is 1. The van der Waals surface area contributed by atoms with Crippen LogP contribution in [0.3, 0.4) is 0 Å². The Morgan fingerprint density at radius 3 is 2.59 bits per heavy atom. The molecule has 2 aliphatic rings. The van der Waals surface area contributed by atoms with E-state index in [1.807, 2.05) is 18.2 Å². The summed E-state index contributed by atoms with van der Waals surface area (Å²) in [6.07, 6.45) is 0. The van der Waals surface area contributed by atoms with Gasteiger partial charge in [0.1, 0.15) is 13.2 Å². The minimum atomic E-state index is -0.174. The normalized spacial score (nSPS) is 18.3. The quantitative estimate of drug-likeness (QED) is 0.813. The van der Waals surface area contributed by atoms with Crippen molar-refractivity contribution in [2.24, 2.45) is 0 Å². The topological polar surface area (TPSA) is 54.0 Å². The van der Waals surface area contributed by atoms with E-state index >= 15 is 0 Å². The zero-order valence-electron chi connectivity index (χ0n) is 16.6. The maximum Gasteiger partial charge on any atom is 0.252 e. The second-order valence-electron chi connectivity index (χ2n) is 7.52. The molecular weight excluding hydrogens is 390 g/mol. The molecule has 1 amide bonds. The molecule has 2 heterocycles. The molecule has 1 unspecified atom stereocenters. The molecule has 2 aliphatic heterocycles. The first-order valence-electron chi connectivity index (χ1n) is 9.96. The van der Waals surface area contributed by atoms with Crippen LogP contribution in [0.2, 0.25) is 5.02 Å². The van der Waals surface area contributed by atoms with Crippen molar-refractivity contribution in [1.29, 1.82) is 0 Å². The van der Waals surface area contributed by atoms with E-state index in [9.17, 15) is 4.79 Å². The number of hydrogen-bond acceptors (Lipinski definition) is 5. The summed E-state index contributed by atoms with van der Waals surface area (Å²) in [6.45, 7) is 5.73. The molecule has 1 saturated heterocycles. The van der Waals surface area contributed by atoms with E-state index in [1.54, 1.807) is 12.1 Å². The van der Waals surface area contributed by atoms with Gasteiger partial charge in [-0.3, -0.25) is 9.69 Å². The molecule has 0 radical (unpaired) electrons. The van der Waals surface area contributed by atoms with Crippen molar-refractivity contribution in [1.82, 2.24) is 15.1 Å². The van der Waals surface area contributed by atoms with Crippen molar-refractivity contribution in [3.8, 4) is 11.5 Å². The number of halogens is 1. The fourth-order valence-electron chi connectivity index (χ4n) is 3.69. The van der Waals surface area contributed by atoms with Crippen LogP contribution in [-0.2, 0) is 0 Å². The number of nitrogens with zero attached hydrogens (tertiary/aromatic N) is 2. The smallest absolute Gasteiger partial charge is 0.252 e. The molecule has 4 rings (SSSR count). The Morgan fingerprint density at radius 2 is 1.83 bits per heavy atom. The Kier molecular flexibility index (Phi) is 6.23. The average Bonchev–Trinajstić information content (AvgIpc) is 2.75. The fraction of sp³-hybridized carbons (Fsp3) is 0.409. The summed E-state index contributed by atoms with van der Waals surface area (Å²) in [7, 11) is 2.14. The summed E-state index contributed by atoms with van der Waals surface area (Å²) < 4.78 is 11.2. The molecule has 2 aromatic rings. The van der Waals surface area contributed by atoms with Gasteiger partial charge in [0.2, 0.25) is 0 Å². The number of carbonyl (C=O) groups is 1. The van der Waals surface area contributed by atoms with Crippen LogP contribution in [0.5, 0.6) is 11.5 Å². The van der Waals surface area contributed by atoms with Gasteiger partial charge in [0.25, 0.3) is 5.91 Å². The molecule has 154 valence electrons. The van der Waals surface area contributed by atoms with Crippen LogP contribution in [-0.4, -0.2) is 68.7 Å². The second-order valence-corrected chi connectivity index (χ2v) is 7.93. The summed E-state index contributed by atoms with van der Waals surface area (Å²) in [5.41, 5.74) is 1.56. The zero-order valence-corrected chi connectivity index (χ0v) is 17.3. The average molecular weight is 416 g/mol. The number of carbonyl (C=O) groups excluding carboxylic acids is 1. The number of nitrogens with one attached hydrogen (secondary N) is 1. The van der Waals surface area contributed by atoms with Gasteiger partial charge in [-0.15, -0.1) is 0 Å². The van der Waals surface area contributed by atoms with E-state index in [2.05, 4.69) is 34.3 Å². The Balaban J connectivity index is 1.52. The molecule has 0 spiro atoms. The molecule has 1 atom stereocenters. The first-order valence-corrected chi connectivity index (χ1v) is 10.3. The number of ether oxygens (including phenoxy) is 2. The van der Waals surface area contributed by atoms with E-state index in [1.165, 1.54) is 0 Å². The minimum Gasteiger partial charge on any atom is -0.486 e. The number of benzene rings is 2. The highest BCUT2D eigenvalue weighted by Gasteiger charge is 2.24. The van der Waals surface area contributed by atoms with Crippen LogP contribution in [0.25, 0.3) is 0 Å². The first-order chi connectivity index (χ1) is 14.1. The third-order valence-corrected chi connectivity index (χ3v) is 5.68. The Labute approximate surface area is 176 Å². The lowest BCUT2D eigenvalue weighted by Gasteiger charge is -2.35. The fourth-order valence-corrected chi connectivity index (χ4v) is 3.96. The largest absolute Gasteiger partial charge is 0.486 e. The SMILES string of the molecule is CN1CCN(CC(NC(=O)c2cc(Cl)c3c(c2)OCCO3)c2ccccc2)CC1. The van der Waals surface area contributed by atoms with Gasteiger partial charge < -0.3 is 19.7 Å². The maximum absolute atomic E-state index is 13.1. The standard InChI is InChI=1S/C22H26ClN3O3/c1-25-7-9-26(10-8-25)15-19(16-5-3-2-4-6-16)24-22(27)17-13-18(23)21-20(14-17)28-11-12-29-21/h2-6,13-14,19H,7-12,15H2,1H3,(H,24,27). The molecule has 7 heteroatoms. The van der Waals surface area contributed by atoms with Crippen LogP contribution in [0, 0.1) is 0 Å². The van der Waals surface area contributed by atoms with E-state index in [4.69, 9.17) is 21.1 Å². The number of amides is 1. The van der Waals surface area contributed by atoms with Crippen LogP contribution >= 0.6 is 11.6 Å². The van der Waals surface area contributed by atoms with Crippen LogP contribution in [0.1, 0.15) is 22.0 Å². The molecule has 0 aliphatic carbocycles. The lowest BCUT2D eigenvalue weighted by molar-refractivity contribution is 0.0906. The van der Waals surface area contributed by atoms with Crippen LogP contribution in [0.15, 0.2) is 42.5 Å². The van der Waals surface area contributed by atoms with Gasteiger partial charge in [-0.05, 0) is 24.7 Å². The molecule has 6 nitrogen and oxygen atoms in total. The Hall–Kier alpha value is -2.28. The molecule has 29 heavy (non-hydrogen) atoms. The summed E-state index contributed by atoms with van der Waals surface area (Å²) >= 11 is 6.32. The summed E-state index contributed by atoms with van der Waals surface area (Å²) in [4.78, 5) is 17.8.